The smallest absolute Gasteiger partial charge is 0.273 e. The second-order valence-electron chi connectivity index (χ2n) is 4.61. The monoisotopic (exact) mass is 256 g/mol. The standard InChI is InChI=1S/C11H17ClN4O/c1-7-4-13-5-8(7)16(3)11(17)9-10(12)14-6-15(9)2/h6-8,13H,4-5H2,1-3H3/t7-,8+/m0/s1. The minimum atomic E-state index is -0.0736. The molecule has 2 atom stereocenters. The number of halogens is 1. The van der Waals surface area contributed by atoms with Crippen molar-refractivity contribution in [2.45, 2.75) is 13.0 Å². The summed E-state index contributed by atoms with van der Waals surface area (Å²) in [5, 5.41) is 3.55. The first kappa shape index (κ1) is 12.4. The number of carbonyl (C=O) groups excluding carboxylic acids is 1. The van der Waals surface area contributed by atoms with Crippen LogP contribution in [0.5, 0.6) is 0 Å². The van der Waals surface area contributed by atoms with Gasteiger partial charge >= 0.3 is 0 Å². The lowest BCUT2D eigenvalue weighted by Gasteiger charge is -2.27. The van der Waals surface area contributed by atoms with Crippen LogP contribution in [0.3, 0.4) is 0 Å². The fraction of sp³-hybridized carbons (Fsp3) is 0.636. The Morgan fingerprint density at radius 2 is 2.35 bits per heavy atom. The van der Waals surface area contributed by atoms with Gasteiger partial charge in [0.15, 0.2) is 5.15 Å². The van der Waals surface area contributed by atoms with Crippen LogP contribution in [0.1, 0.15) is 17.4 Å². The van der Waals surface area contributed by atoms with E-state index in [9.17, 15) is 4.79 Å². The van der Waals surface area contributed by atoms with E-state index in [1.165, 1.54) is 0 Å². The van der Waals surface area contributed by atoms with Crippen LogP contribution in [0.4, 0.5) is 0 Å². The second-order valence-corrected chi connectivity index (χ2v) is 4.97. The number of amides is 1. The van der Waals surface area contributed by atoms with Gasteiger partial charge in [0, 0.05) is 26.7 Å². The van der Waals surface area contributed by atoms with Gasteiger partial charge in [-0.15, -0.1) is 0 Å². The first-order chi connectivity index (χ1) is 8.02. The van der Waals surface area contributed by atoms with Crippen LogP contribution >= 0.6 is 11.6 Å². The summed E-state index contributed by atoms with van der Waals surface area (Å²) in [6.07, 6.45) is 1.56. The minimum absolute atomic E-state index is 0.0736. The van der Waals surface area contributed by atoms with E-state index in [0.717, 1.165) is 13.1 Å². The lowest BCUT2D eigenvalue weighted by Crippen LogP contribution is -2.42. The van der Waals surface area contributed by atoms with Crippen molar-refractivity contribution in [3.63, 3.8) is 0 Å². The van der Waals surface area contributed by atoms with E-state index < -0.39 is 0 Å². The molecule has 1 fully saturated rings. The van der Waals surface area contributed by atoms with Gasteiger partial charge in [0.2, 0.25) is 0 Å². The number of likely N-dealkylation sites (N-methyl/N-ethyl adjacent to an activating group) is 1. The van der Waals surface area contributed by atoms with Crippen LogP contribution in [-0.2, 0) is 7.05 Å². The molecule has 1 aliphatic heterocycles. The van der Waals surface area contributed by atoms with Crippen molar-refractivity contribution in [2.75, 3.05) is 20.1 Å². The summed E-state index contributed by atoms with van der Waals surface area (Å²) >= 11 is 5.93. The lowest BCUT2D eigenvalue weighted by atomic mass is 10.1. The maximum atomic E-state index is 12.3. The first-order valence-electron chi connectivity index (χ1n) is 5.67. The third-order valence-electron chi connectivity index (χ3n) is 3.39. The third-order valence-corrected chi connectivity index (χ3v) is 3.67. The van der Waals surface area contributed by atoms with E-state index in [-0.39, 0.29) is 17.1 Å². The predicted octanol–water partition coefficient (Wildman–Crippen LogP) is 0.753. The molecular weight excluding hydrogens is 240 g/mol. The van der Waals surface area contributed by atoms with Crippen molar-refractivity contribution >= 4 is 17.5 Å². The predicted molar refractivity (Wildman–Crippen MR) is 66.1 cm³/mol. The summed E-state index contributed by atoms with van der Waals surface area (Å²) in [5.74, 6) is 0.381. The van der Waals surface area contributed by atoms with Gasteiger partial charge in [0.1, 0.15) is 5.69 Å². The van der Waals surface area contributed by atoms with Crippen LogP contribution in [0.15, 0.2) is 6.33 Å². The number of nitrogens with zero attached hydrogens (tertiary/aromatic N) is 3. The van der Waals surface area contributed by atoms with Gasteiger partial charge in [0.05, 0.1) is 6.33 Å². The molecule has 0 aromatic carbocycles. The summed E-state index contributed by atoms with van der Waals surface area (Å²) in [6.45, 7) is 3.92. The Kier molecular flexibility index (Phi) is 3.40. The van der Waals surface area contributed by atoms with Crippen LogP contribution in [0, 0.1) is 5.92 Å². The average Bonchev–Trinajstić information content (AvgIpc) is 2.84. The van der Waals surface area contributed by atoms with E-state index in [0.29, 0.717) is 11.6 Å². The van der Waals surface area contributed by atoms with Gasteiger partial charge < -0.3 is 14.8 Å². The van der Waals surface area contributed by atoms with Crippen LogP contribution in [0.2, 0.25) is 5.15 Å². The van der Waals surface area contributed by atoms with Crippen molar-refractivity contribution in [2.24, 2.45) is 13.0 Å². The molecule has 17 heavy (non-hydrogen) atoms. The summed E-state index contributed by atoms with van der Waals surface area (Å²) in [5.41, 5.74) is 0.452. The maximum Gasteiger partial charge on any atom is 0.273 e. The largest absolute Gasteiger partial charge is 0.336 e. The number of nitrogens with one attached hydrogen (secondary N) is 1. The second kappa shape index (κ2) is 4.66. The highest BCUT2D eigenvalue weighted by atomic mass is 35.5. The molecule has 0 saturated carbocycles. The Morgan fingerprint density at radius 1 is 1.65 bits per heavy atom. The molecule has 2 rings (SSSR count). The molecule has 0 bridgehead atoms. The molecule has 1 aromatic heterocycles. The molecule has 5 nitrogen and oxygen atoms in total. The van der Waals surface area contributed by atoms with Gasteiger partial charge in [-0.25, -0.2) is 4.98 Å². The number of imidazole rings is 1. The quantitative estimate of drug-likeness (QED) is 0.850. The zero-order chi connectivity index (χ0) is 12.6. The summed E-state index contributed by atoms with van der Waals surface area (Å²) in [4.78, 5) is 18.0. The molecule has 1 saturated heterocycles. The SMILES string of the molecule is C[C@H]1CNC[C@H]1N(C)C(=O)c1c(Cl)ncn1C. The Hall–Kier alpha value is -1.07. The Balaban J connectivity index is 2.20. The van der Waals surface area contributed by atoms with Crippen LogP contribution < -0.4 is 5.32 Å². The Morgan fingerprint density at radius 3 is 2.82 bits per heavy atom. The lowest BCUT2D eigenvalue weighted by molar-refractivity contribution is 0.0707. The van der Waals surface area contributed by atoms with Crippen molar-refractivity contribution in [3.8, 4) is 0 Å². The first-order valence-corrected chi connectivity index (χ1v) is 6.05. The van der Waals surface area contributed by atoms with E-state index in [2.05, 4.69) is 17.2 Å². The highest BCUT2D eigenvalue weighted by Gasteiger charge is 2.31. The molecule has 1 amide bonds. The summed E-state index contributed by atoms with van der Waals surface area (Å²) in [6, 6.07) is 0.216. The van der Waals surface area contributed by atoms with Crippen LogP contribution in [0.25, 0.3) is 0 Å². The fourth-order valence-electron chi connectivity index (χ4n) is 2.27. The highest BCUT2D eigenvalue weighted by molar-refractivity contribution is 6.32. The third kappa shape index (κ3) is 2.17. The Labute approximate surface area is 106 Å². The summed E-state index contributed by atoms with van der Waals surface area (Å²) < 4.78 is 1.66. The molecule has 1 aliphatic rings. The number of aryl methyl sites for hydroxylation is 1. The number of hydrogen-bond donors (Lipinski definition) is 1. The molecular formula is C11H17ClN4O. The van der Waals surface area contributed by atoms with Gasteiger partial charge in [-0.3, -0.25) is 4.79 Å². The van der Waals surface area contributed by atoms with Crippen molar-refractivity contribution in [1.82, 2.24) is 19.8 Å². The zero-order valence-electron chi connectivity index (χ0n) is 10.3. The van der Waals surface area contributed by atoms with Crippen molar-refractivity contribution in [1.29, 1.82) is 0 Å². The molecule has 6 heteroatoms. The van der Waals surface area contributed by atoms with E-state index in [1.54, 1.807) is 22.8 Å². The summed E-state index contributed by atoms with van der Waals surface area (Å²) in [7, 11) is 3.59. The zero-order valence-corrected chi connectivity index (χ0v) is 11.0. The fourth-order valence-corrected chi connectivity index (χ4v) is 2.53. The number of carbonyl (C=O) groups is 1. The highest BCUT2D eigenvalue weighted by Crippen LogP contribution is 2.19. The van der Waals surface area contributed by atoms with E-state index >= 15 is 0 Å². The topological polar surface area (TPSA) is 50.2 Å². The Bertz CT molecular complexity index is 412. The molecule has 0 aliphatic carbocycles. The molecule has 1 N–H and O–H groups in total. The van der Waals surface area contributed by atoms with Gasteiger partial charge in [-0.1, -0.05) is 18.5 Å². The average molecular weight is 257 g/mol. The molecule has 2 heterocycles. The minimum Gasteiger partial charge on any atom is -0.336 e. The van der Waals surface area contributed by atoms with Crippen molar-refractivity contribution < 1.29 is 4.79 Å². The van der Waals surface area contributed by atoms with Gasteiger partial charge in [-0.05, 0) is 12.5 Å². The van der Waals surface area contributed by atoms with Crippen LogP contribution in [-0.4, -0.2) is 46.5 Å². The van der Waals surface area contributed by atoms with Gasteiger partial charge in [-0.2, -0.15) is 0 Å². The molecule has 1 aromatic rings. The number of aromatic nitrogens is 2. The number of rotatable bonds is 2. The molecule has 0 unspecified atom stereocenters. The maximum absolute atomic E-state index is 12.3. The number of hydrogen-bond acceptors (Lipinski definition) is 3. The molecule has 0 spiro atoms. The van der Waals surface area contributed by atoms with E-state index in [4.69, 9.17) is 11.6 Å². The molecule has 0 radical (unpaired) electrons. The van der Waals surface area contributed by atoms with Crippen molar-refractivity contribution in [3.05, 3.63) is 17.2 Å². The van der Waals surface area contributed by atoms with E-state index in [1.807, 2.05) is 7.05 Å². The molecule has 94 valence electrons. The normalized spacial score (nSPS) is 24.0. The van der Waals surface area contributed by atoms with Gasteiger partial charge in [0.25, 0.3) is 5.91 Å².